The Balaban J connectivity index is 1.41. The van der Waals surface area contributed by atoms with Gasteiger partial charge in [0.25, 0.3) is 0 Å². The minimum atomic E-state index is -0.880. The Hall–Kier alpha value is -4.17. The monoisotopic (exact) mass is 540 g/mol. The van der Waals surface area contributed by atoms with Crippen LogP contribution in [0.3, 0.4) is 0 Å². The smallest absolute Gasteiger partial charge is 0.234 e. The van der Waals surface area contributed by atoms with Crippen molar-refractivity contribution >= 4 is 5.91 Å². The number of ether oxygens (including phenoxy) is 2. The van der Waals surface area contributed by atoms with Crippen LogP contribution in [0.5, 0.6) is 11.5 Å². The van der Waals surface area contributed by atoms with Crippen LogP contribution in [0.2, 0.25) is 0 Å². The Morgan fingerprint density at radius 2 is 1.00 bits per heavy atom. The van der Waals surface area contributed by atoms with Crippen LogP contribution in [0.15, 0.2) is 121 Å². The molecule has 7 nitrogen and oxygen atoms in total. The van der Waals surface area contributed by atoms with Crippen LogP contribution in [-0.4, -0.2) is 66.1 Å². The van der Waals surface area contributed by atoms with Gasteiger partial charge >= 0.3 is 0 Å². The zero-order chi connectivity index (χ0) is 28.0. The van der Waals surface area contributed by atoms with Crippen molar-refractivity contribution in [2.45, 2.75) is 18.2 Å². The van der Waals surface area contributed by atoms with Crippen molar-refractivity contribution in [3.63, 3.8) is 0 Å². The molecule has 4 aromatic rings. The van der Waals surface area contributed by atoms with Crippen molar-refractivity contribution < 1.29 is 24.5 Å². The summed E-state index contributed by atoms with van der Waals surface area (Å²) in [4.78, 5) is 15.1. The van der Waals surface area contributed by atoms with Crippen LogP contribution < -0.4 is 14.8 Å². The molecule has 40 heavy (non-hydrogen) atoms. The Labute approximate surface area is 235 Å². The zero-order valence-electron chi connectivity index (χ0n) is 22.4. The number of amides is 1. The first-order valence-corrected chi connectivity index (χ1v) is 13.4. The summed E-state index contributed by atoms with van der Waals surface area (Å²) in [5.41, 5.74) is 1.92. The van der Waals surface area contributed by atoms with Crippen molar-refractivity contribution in [1.82, 2.24) is 10.2 Å². The third-order valence-corrected chi connectivity index (χ3v) is 6.25. The molecule has 0 aliphatic carbocycles. The second-order valence-electron chi connectivity index (χ2n) is 9.57. The molecule has 2 unspecified atom stereocenters. The third kappa shape index (κ3) is 9.54. The van der Waals surface area contributed by atoms with Gasteiger partial charge in [-0.15, -0.1) is 0 Å². The first kappa shape index (κ1) is 28.8. The van der Waals surface area contributed by atoms with Gasteiger partial charge in [0.2, 0.25) is 5.91 Å². The van der Waals surface area contributed by atoms with E-state index in [1.807, 2.05) is 121 Å². The van der Waals surface area contributed by atoms with Crippen LogP contribution in [0.4, 0.5) is 0 Å². The Morgan fingerprint density at radius 3 is 1.40 bits per heavy atom. The number of para-hydroxylation sites is 2. The molecule has 0 aliphatic heterocycles. The van der Waals surface area contributed by atoms with Crippen LogP contribution >= 0.6 is 0 Å². The summed E-state index contributed by atoms with van der Waals surface area (Å²) in [6, 6.07) is 37.7. The van der Waals surface area contributed by atoms with Gasteiger partial charge in [0.15, 0.2) is 0 Å². The number of hydrogen-bond acceptors (Lipinski definition) is 6. The molecular formula is C33H36N2O5. The maximum atomic E-state index is 13.4. The lowest BCUT2D eigenvalue weighted by Gasteiger charge is -2.28. The molecular weight excluding hydrogens is 504 g/mol. The summed E-state index contributed by atoms with van der Waals surface area (Å²) < 4.78 is 11.4. The molecule has 2 atom stereocenters. The summed E-state index contributed by atoms with van der Waals surface area (Å²) in [6.07, 6.45) is -1.76. The second-order valence-corrected chi connectivity index (χ2v) is 9.57. The Morgan fingerprint density at radius 1 is 0.625 bits per heavy atom. The van der Waals surface area contributed by atoms with E-state index in [1.165, 1.54) is 0 Å². The summed E-state index contributed by atoms with van der Waals surface area (Å²) >= 11 is 0. The molecule has 7 heteroatoms. The van der Waals surface area contributed by atoms with E-state index in [1.54, 1.807) is 4.90 Å². The highest BCUT2D eigenvalue weighted by molar-refractivity contribution is 5.79. The maximum absolute atomic E-state index is 13.4. The lowest BCUT2D eigenvalue weighted by Crippen LogP contribution is -2.46. The molecule has 0 aromatic heterocycles. The molecule has 1 amide bonds. The quantitative estimate of drug-likeness (QED) is 0.211. The molecule has 0 saturated heterocycles. The Bertz CT molecular complexity index is 1170. The van der Waals surface area contributed by atoms with Crippen molar-refractivity contribution in [2.24, 2.45) is 0 Å². The van der Waals surface area contributed by atoms with Crippen LogP contribution in [0.1, 0.15) is 17.2 Å². The van der Waals surface area contributed by atoms with E-state index in [9.17, 15) is 15.0 Å². The van der Waals surface area contributed by atoms with Gasteiger partial charge in [-0.05, 0) is 35.4 Å². The molecule has 3 N–H and O–H groups in total. The Kier molecular flexibility index (Phi) is 11.1. The molecule has 0 bridgehead atoms. The number of aliphatic hydroxyl groups excluding tert-OH is 2. The van der Waals surface area contributed by atoms with Gasteiger partial charge in [0.05, 0.1) is 12.6 Å². The maximum Gasteiger partial charge on any atom is 0.234 e. The number of rotatable bonds is 15. The number of nitrogens with one attached hydrogen (secondary N) is 1. The molecule has 0 aliphatic rings. The second kappa shape index (κ2) is 15.4. The van der Waals surface area contributed by atoms with Gasteiger partial charge < -0.3 is 25.0 Å². The highest BCUT2D eigenvalue weighted by Crippen LogP contribution is 2.21. The summed E-state index contributed by atoms with van der Waals surface area (Å²) in [7, 11) is 0. The van der Waals surface area contributed by atoms with Gasteiger partial charge in [0, 0.05) is 13.1 Å². The number of carbonyl (C=O) groups excluding carboxylic acids is 1. The highest BCUT2D eigenvalue weighted by atomic mass is 16.5. The number of aliphatic hydroxyl groups is 2. The van der Waals surface area contributed by atoms with Crippen molar-refractivity contribution in [3.8, 4) is 11.5 Å². The molecule has 0 heterocycles. The van der Waals surface area contributed by atoms with E-state index in [2.05, 4.69) is 5.32 Å². The zero-order valence-corrected chi connectivity index (χ0v) is 22.4. The molecule has 0 spiro atoms. The summed E-state index contributed by atoms with van der Waals surface area (Å²) in [5.74, 6) is 1.07. The van der Waals surface area contributed by atoms with Crippen LogP contribution in [0.25, 0.3) is 0 Å². The van der Waals surface area contributed by atoms with E-state index in [-0.39, 0.29) is 44.8 Å². The standard InChI is InChI=1S/C33H36N2O5/c36-28(24-39-30-17-9-3-10-18-30)21-35(22-29(37)25-40-31-19-11-4-12-20-31)23-32(38)34-33(26-13-5-1-6-14-26)27-15-7-2-8-16-27/h1-20,28-29,33,36-37H,21-25H2,(H,34,38). The summed E-state index contributed by atoms with van der Waals surface area (Å²) in [5, 5.41) is 24.6. The van der Waals surface area contributed by atoms with Crippen molar-refractivity contribution in [2.75, 3.05) is 32.8 Å². The van der Waals surface area contributed by atoms with E-state index in [0.717, 1.165) is 11.1 Å². The predicted octanol–water partition coefficient (Wildman–Crippen LogP) is 4.07. The first-order valence-electron chi connectivity index (χ1n) is 13.4. The SMILES string of the molecule is O=C(CN(CC(O)COc1ccccc1)CC(O)COc1ccccc1)NC(c1ccccc1)c1ccccc1. The minimum absolute atomic E-state index is 0.0268. The van der Waals surface area contributed by atoms with E-state index in [0.29, 0.717) is 11.5 Å². The van der Waals surface area contributed by atoms with E-state index in [4.69, 9.17) is 9.47 Å². The largest absolute Gasteiger partial charge is 0.491 e. The van der Waals surface area contributed by atoms with Gasteiger partial charge in [-0.2, -0.15) is 0 Å². The van der Waals surface area contributed by atoms with Gasteiger partial charge in [-0.1, -0.05) is 97.1 Å². The fourth-order valence-corrected chi connectivity index (χ4v) is 4.38. The lowest BCUT2D eigenvalue weighted by atomic mass is 9.98. The summed E-state index contributed by atoms with van der Waals surface area (Å²) in [6.45, 7) is 0.333. The van der Waals surface area contributed by atoms with Crippen molar-refractivity contribution in [3.05, 3.63) is 132 Å². The van der Waals surface area contributed by atoms with Gasteiger partial charge in [0.1, 0.15) is 36.9 Å². The molecule has 4 aromatic carbocycles. The molecule has 208 valence electrons. The molecule has 0 saturated carbocycles. The molecule has 0 fully saturated rings. The molecule has 4 rings (SSSR count). The van der Waals surface area contributed by atoms with Crippen LogP contribution in [-0.2, 0) is 4.79 Å². The van der Waals surface area contributed by atoms with Gasteiger partial charge in [-0.3, -0.25) is 9.69 Å². The number of nitrogens with zero attached hydrogens (tertiary/aromatic N) is 1. The highest BCUT2D eigenvalue weighted by Gasteiger charge is 2.22. The minimum Gasteiger partial charge on any atom is -0.491 e. The van der Waals surface area contributed by atoms with Crippen LogP contribution in [0, 0.1) is 0 Å². The van der Waals surface area contributed by atoms with E-state index < -0.39 is 12.2 Å². The fourth-order valence-electron chi connectivity index (χ4n) is 4.38. The average molecular weight is 541 g/mol. The van der Waals surface area contributed by atoms with Crippen molar-refractivity contribution in [1.29, 1.82) is 0 Å². The molecule has 0 radical (unpaired) electrons. The third-order valence-electron chi connectivity index (χ3n) is 6.25. The normalized spacial score (nSPS) is 12.6. The lowest BCUT2D eigenvalue weighted by molar-refractivity contribution is -0.123. The average Bonchev–Trinajstić information content (AvgIpc) is 2.99. The fraction of sp³-hybridized carbons (Fsp3) is 0.242. The first-order chi connectivity index (χ1) is 19.6. The number of benzene rings is 4. The van der Waals surface area contributed by atoms with Gasteiger partial charge in [-0.25, -0.2) is 0 Å². The number of hydrogen-bond donors (Lipinski definition) is 3. The topological polar surface area (TPSA) is 91.3 Å². The number of carbonyl (C=O) groups is 1. The predicted molar refractivity (Wildman–Crippen MR) is 155 cm³/mol. The van der Waals surface area contributed by atoms with E-state index >= 15 is 0 Å².